The lowest BCUT2D eigenvalue weighted by Gasteiger charge is -2.27. The fraction of sp³-hybridized carbons (Fsp3) is 0.462. The van der Waals surface area contributed by atoms with Crippen LogP contribution in [0.2, 0.25) is 0 Å². The molecule has 0 radical (unpaired) electrons. The topological polar surface area (TPSA) is 67.4 Å². The van der Waals surface area contributed by atoms with Crippen molar-refractivity contribution in [3.05, 3.63) is 53.6 Å². The summed E-state index contributed by atoms with van der Waals surface area (Å²) in [5, 5.41) is 4.70. The number of amides is 2. The van der Waals surface area contributed by atoms with Gasteiger partial charge in [-0.15, -0.1) is 13.2 Å². The van der Waals surface area contributed by atoms with Crippen LogP contribution in [-0.2, 0) is 22.2 Å². The van der Waals surface area contributed by atoms with E-state index in [9.17, 15) is 35.9 Å². The van der Waals surface area contributed by atoms with E-state index in [1.165, 1.54) is 30.3 Å². The molecular formula is C26H30F6N2O3. The number of hydrogen-bond acceptors (Lipinski definition) is 3. The Morgan fingerprint density at radius 2 is 1.30 bits per heavy atom. The van der Waals surface area contributed by atoms with Gasteiger partial charge in [-0.25, -0.2) is 0 Å². The molecule has 2 aromatic rings. The lowest BCUT2D eigenvalue weighted by atomic mass is 9.82. The van der Waals surface area contributed by atoms with Gasteiger partial charge in [0.1, 0.15) is 0 Å². The van der Waals surface area contributed by atoms with Crippen molar-refractivity contribution in [1.82, 2.24) is 0 Å². The highest BCUT2D eigenvalue weighted by Gasteiger charge is 2.36. The number of ether oxygens (including phenoxy) is 1. The van der Waals surface area contributed by atoms with Crippen LogP contribution in [0.5, 0.6) is 5.75 Å². The molecule has 0 heterocycles. The van der Waals surface area contributed by atoms with Gasteiger partial charge in [0.15, 0.2) is 5.75 Å². The Balaban J connectivity index is 2.28. The fourth-order valence-corrected chi connectivity index (χ4v) is 3.78. The average Bonchev–Trinajstić information content (AvgIpc) is 2.67. The fourth-order valence-electron chi connectivity index (χ4n) is 3.78. The maximum atomic E-state index is 13.2. The Bertz CT molecular complexity index is 1120. The molecule has 0 aliphatic rings. The second-order valence-corrected chi connectivity index (χ2v) is 10.7. The number of rotatable bonds is 8. The van der Waals surface area contributed by atoms with Crippen LogP contribution in [0.3, 0.4) is 0 Å². The molecule has 0 unspecified atom stereocenters. The number of para-hydroxylation sites is 2. The summed E-state index contributed by atoms with van der Waals surface area (Å²) in [4.78, 5) is 25.0. The van der Waals surface area contributed by atoms with Crippen LogP contribution in [0.1, 0.15) is 58.6 Å². The van der Waals surface area contributed by atoms with Crippen molar-refractivity contribution in [2.24, 2.45) is 10.8 Å². The first-order valence-corrected chi connectivity index (χ1v) is 11.4. The monoisotopic (exact) mass is 532 g/mol. The Kier molecular flexibility index (Phi) is 8.93. The van der Waals surface area contributed by atoms with Crippen LogP contribution in [0, 0.1) is 10.8 Å². The minimum Gasteiger partial charge on any atom is -0.403 e. The summed E-state index contributed by atoms with van der Waals surface area (Å²) in [6.45, 7) is 8.58. The second kappa shape index (κ2) is 11.0. The van der Waals surface area contributed by atoms with Gasteiger partial charge in [0.25, 0.3) is 0 Å². The summed E-state index contributed by atoms with van der Waals surface area (Å²) in [6, 6.07) is 8.58. The molecule has 2 N–H and O–H groups in total. The molecular weight excluding hydrogens is 502 g/mol. The highest BCUT2D eigenvalue weighted by atomic mass is 19.4. The summed E-state index contributed by atoms with van der Waals surface area (Å²) in [7, 11) is 0. The third-order valence-corrected chi connectivity index (χ3v) is 5.09. The maximum Gasteiger partial charge on any atom is 0.573 e. The Morgan fingerprint density at radius 1 is 0.757 bits per heavy atom. The minimum atomic E-state index is -5.05. The number of anilines is 2. The molecule has 0 atom stereocenters. The predicted molar refractivity (Wildman–Crippen MR) is 128 cm³/mol. The van der Waals surface area contributed by atoms with E-state index in [4.69, 9.17) is 0 Å². The highest BCUT2D eigenvalue weighted by Crippen LogP contribution is 2.39. The SMILES string of the molecule is CC(C)(C)CC(=O)Nc1cccc(CC(C)(C)CC(=O)Nc2ccccc2C(F)(F)F)c1OC(F)(F)F. The lowest BCUT2D eigenvalue weighted by Crippen LogP contribution is -2.27. The number of hydrogen-bond donors (Lipinski definition) is 2. The average molecular weight is 533 g/mol. The number of halogens is 6. The van der Waals surface area contributed by atoms with E-state index in [1.807, 2.05) is 0 Å². The number of carbonyl (C=O) groups excluding carboxylic acids is 2. The number of benzene rings is 2. The van der Waals surface area contributed by atoms with E-state index in [-0.39, 0.29) is 30.5 Å². The maximum absolute atomic E-state index is 13.2. The smallest absolute Gasteiger partial charge is 0.403 e. The van der Waals surface area contributed by atoms with Gasteiger partial charge in [0, 0.05) is 12.8 Å². The third kappa shape index (κ3) is 9.97. The van der Waals surface area contributed by atoms with Gasteiger partial charge in [0.05, 0.1) is 16.9 Å². The van der Waals surface area contributed by atoms with Gasteiger partial charge in [-0.05, 0) is 41.0 Å². The van der Waals surface area contributed by atoms with Crippen molar-refractivity contribution in [1.29, 1.82) is 0 Å². The van der Waals surface area contributed by atoms with Crippen LogP contribution in [0.15, 0.2) is 42.5 Å². The van der Waals surface area contributed by atoms with Crippen LogP contribution in [0.4, 0.5) is 37.7 Å². The van der Waals surface area contributed by atoms with Gasteiger partial charge in [-0.3, -0.25) is 9.59 Å². The summed E-state index contributed by atoms with van der Waals surface area (Å²) in [6.07, 6.45) is -10.1. The molecule has 0 aliphatic carbocycles. The first-order valence-electron chi connectivity index (χ1n) is 11.4. The third-order valence-electron chi connectivity index (χ3n) is 5.09. The highest BCUT2D eigenvalue weighted by molar-refractivity contribution is 5.93. The molecule has 2 rings (SSSR count). The molecule has 0 bridgehead atoms. The first-order chi connectivity index (χ1) is 16.8. The molecule has 11 heteroatoms. The Labute approximate surface area is 211 Å². The van der Waals surface area contributed by atoms with Gasteiger partial charge in [0.2, 0.25) is 11.8 Å². The number of alkyl halides is 6. The first kappa shape index (κ1) is 30.0. The zero-order valence-corrected chi connectivity index (χ0v) is 21.2. The van der Waals surface area contributed by atoms with Crippen molar-refractivity contribution < 1.29 is 40.7 Å². The molecule has 0 fully saturated rings. The zero-order chi connectivity index (χ0) is 28.2. The molecule has 0 saturated carbocycles. The summed E-state index contributed by atoms with van der Waals surface area (Å²) in [5.41, 5.74) is -2.94. The molecule has 0 aromatic heterocycles. The molecule has 2 aromatic carbocycles. The molecule has 0 spiro atoms. The summed E-state index contributed by atoms with van der Waals surface area (Å²) in [5.74, 6) is -1.85. The lowest BCUT2D eigenvalue weighted by molar-refractivity contribution is -0.274. The predicted octanol–water partition coefficient (Wildman–Crippen LogP) is 7.58. The summed E-state index contributed by atoms with van der Waals surface area (Å²) >= 11 is 0. The van der Waals surface area contributed by atoms with Gasteiger partial charge < -0.3 is 15.4 Å². The van der Waals surface area contributed by atoms with E-state index in [0.29, 0.717) is 0 Å². The van der Waals surface area contributed by atoms with Crippen LogP contribution in [0.25, 0.3) is 0 Å². The van der Waals surface area contributed by atoms with Crippen molar-refractivity contribution in [3.63, 3.8) is 0 Å². The van der Waals surface area contributed by atoms with Crippen LogP contribution in [-0.4, -0.2) is 18.2 Å². The van der Waals surface area contributed by atoms with E-state index >= 15 is 0 Å². The van der Waals surface area contributed by atoms with Crippen LogP contribution < -0.4 is 15.4 Å². The van der Waals surface area contributed by atoms with Crippen molar-refractivity contribution in [2.45, 2.75) is 66.4 Å². The number of carbonyl (C=O) groups is 2. The molecule has 204 valence electrons. The van der Waals surface area contributed by atoms with E-state index in [1.54, 1.807) is 34.6 Å². The van der Waals surface area contributed by atoms with Crippen molar-refractivity contribution in [2.75, 3.05) is 10.6 Å². The van der Waals surface area contributed by atoms with Gasteiger partial charge in [-0.2, -0.15) is 13.2 Å². The van der Waals surface area contributed by atoms with E-state index in [2.05, 4.69) is 15.4 Å². The summed E-state index contributed by atoms with van der Waals surface area (Å²) < 4.78 is 83.7. The van der Waals surface area contributed by atoms with Crippen molar-refractivity contribution in [3.8, 4) is 5.75 Å². The number of nitrogens with one attached hydrogen (secondary N) is 2. The minimum absolute atomic E-state index is 0.0494. The Hall–Kier alpha value is -3.24. The normalized spacial score (nSPS) is 12.7. The van der Waals surface area contributed by atoms with E-state index in [0.717, 1.165) is 12.1 Å². The molecule has 0 aliphatic heterocycles. The molecule has 5 nitrogen and oxygen atoms in total. The Morgan fingerprint density at radius 3 is 1.86 bits per heavy atom. The largest absolute Gasteiger partial charge is 0.573 e. The van der Waals surface area contributed by atoms with Crippen molar-refractivity contribution >= 4 is 23.2 Å². The quantitative estimate of drug-likeness (QED) is 0.345. The molecule has 2 amide bonds. The molecule has 0 saturated heterocycles. The van der Waals surface area contributed by atoms with Gasteiger partial charge >= 0.3 is 12.5 Å². The second-order valence-electron chi connectivity index (χ2n) is 10.7. The van der Waals surface area contributed by atoms with Crippen LogP contribution >= 0.6 is 0 Å². The van der Waals surface area contributed by atoms with E-state index < -0.39 is 52.2 Å². The standard InChI is InChI=1S/C26H30F6N2O3/c1-23(2,3)14-20(35)34-19-12-8-9-16(22(19)37-26(30,31)32)13-24(4,5)15-21(36)33-18-11-7-6-10-17(18)25(27,28)29/h6-12H,13-15H2,1-5H3,(H,33,36)(H,34,35). The van der Waals surface area contributed by atoms with Gasteiger partial charge in [-0.1, -0.05) is 58.9 Å². The molecule has 37 heavy (non-hydrogen) atoms. The zero-order valence-electron chi connectivity index (χ0n) is 21.2.